The van der Waals surface area contributed by atoms with Crippen LogP contribution in [0.15, 0.2) is 46.9 Å². The van der Waals surface area contributed by atoms with Gasteiger partial charge in [0.2, 0.25) is 0 Å². The second kappa shape index (κ2) is 6.04. The molecule has 2 nitrogen and oxygen atoms in total. The molecule has 23 heavy (non-hydrogen) atoms. The third-order valence-electron chi connectivity index (χ3n) is 4.79. The molecule has 3 heteroatoms. The Hall–Kier alpha value is -1.74. The van der Waals surface area contributed by atoms with Gasteiger partial charge in [-0.15, -0.1) is 0 Å². The topological polar surface area (TPSA) is 29.3 Å². The first-order chi connectivity index (χ1) is 10.9. The first kappa shape index (κ1) is 16.1. The molecule has 120 valence electrons. The van der Waals surface area contributed by atoms with Crippen molar-refractivity contribution in [2.75, 3.05) is 4.90 Å². The van der Waals surface area contributed by atoms with Gasteiger partial charge < -0.3 is 10.6 Å². The molecule has 2 unspecified atom stereocenters. The number of para-hydroxylation sites is 1. The fourth-order valence-corrected chi connectivity index (χ4v) is 4.39. The molecule has 2 atom stereocenters. The third-order valence-corrected chi connectivity index (χ3v) is 5.43. The average Bonchev–Trinajstić information content (AvgIpc) is 2.48. The van der Waals surface area contributed by atoms with Crippen molar-refractivity contribution in [2.24, 2.45) is 5.73 Å². The Kier molecular flexibility index (Phi) is 4.24. The fraction of sp³-hybridized carbons (Fsp3) is 0.300. The first-order valence-electron chi connectivity index (χ1n) is 8.02. The smallest absolute Gasteiger partial charge is 0.0614 e. The second-order valence-corrected chi connectivity index (χ2v) is 7.24. The van der Waals surface area contributed by atoms with Gasteiger partial charge in [0.05, 0.1) is 11.7 Å². The Morgan fingerprint density at radius 1 is 1.09 bits per heavy atom. The summed E-state index contributed by atoms with van der Waals surface area (Å²) in [7, 11) is 0. The van der Waals surface area contributed by atoms with Gasteiger partial charge in [-0.05, 0) is 72.5 Å². The van der Waals surface area contributed by atoms with Crippen LogP contribution in [0.5, 0.6) is 0 Å². The molecule has 0 fully saturated rings. The highest BCUT2D eigenvalue weighted by Crippen LogP contribution is 2.43. The Labute approximate surface area is 147 Å². The van der Waals surface area contributed by atoms with Crippen molar-refractivity contribution in [3.8, 4) is 0 Å². The molecule has 2 aromatic rings. The van der Waals surface area contributed by atoms with Crippen LogP contribution in [0, 0.1) is 13.8 Å². The molecule has 3 rings (SSSR count). The molecule has 0 aromatic heterocycles. The van der Waals surface area contributed by atoms with Crippen LogP contribution in [-0.2, 0) is 0 Å². The number of hydrogen-bond acceptors (Lipinski definition) is 2. The van der Waals surface area contributed by atoms with Crippen molar-refractivity contribution in [3.63, 3.8) is 0 Å². The van der Waals surface area contributed by atoms with Crippen LogP contribution in [0.4, 0.5) is 5.69 Å². The monoisotopic (exact) mass is 370 g/mol. The molecule has 1 heterocycles. The zero-order valence-electron chi connectivity index (χ0n) is 14.1. The molecule has 0 bridgehead atoms. The lowest BCUT2D eigenvalue weighted by molar-refractivity contribution is 0.618. The molecule has 0 spiro atoms. The van der Waals surface area contributed by atoms with E-state index in [0.29, 0.717) is 0 Å². The van der Waals surface area contributed by atoms with E-state index >= 15 is 0 Å². The van der Waals surface area contributed by atoms with E-state index in [4.69, 9.17) is 5.73 Å². The Bertz CT molecular complexity index is 759. The van der Waals surface area contributed by atoms with E-state index in [0.717, 1.165) is 15.7 Å². The number of aryl methyl sites for hydroxylation is 2. The summed E-state index contributed by atoms with van der Waals surface area (Å²) in [4.78, 5) is 2.46. The molecule has 0 saturated heterocycles. The Morgan fingerprint density at radius 2 is 1.70 bits per heavy atom. The van der Waals surface area contributed by atoms with Crippen molar-refractivity contribution in [1.82, 2.24) is 0 Å². The minimum atomic E-state index is 0.246. The SMILES string of the molecule is Cc1cccc(C)c1C(C)N1c2c(Br)cccc2C(N)=CC1C. The maximum atomic E-state index is 6.28. The zero-order chi connectivity index (χ0) is 16.7. The van der Waals surface area contributed by atoms with Crippen molar-refractivity contribution in [1.29, 1.82) is 0 Å². The van der Waals surface area contributed by atoms with Gasteiger partial charge in [-0.1, -0.05) is 30.3 Å². The first-order valence-corrected chi connectivity index (χ1v) is 8.81. The normalized spacial score (nSPS) is 18.4. The summed E-state index contributed by atoms with van der Waals surface area (Å²) < 4.78 is 1.09. The van der Waals surface area contributed by atoms with E-state index in [1.165, 1.54) is 22.4 Å². The predicted octanol–water partition coefficient (Wildman–Crippen LogP) is 5.34. The van der Waals surface area contributed by atoms with Gasteiger partial charge in [0, 0.05) is 21.8 Å². The summed E-state index contributed by atoms with van der Waals surface area (Å²) >= 11 is 3.73. The molecular formula is C20H23BrN2. The van der Waals surface area contributed by atoms with Gasteiger partial charge in [-0.25, -0.2) is 0 Å². The van der Waals surface area contributed by atoms with Crippen LogP contribution in [0.1, 0.15) is 42.1 Å². The quantitative estimate of drug-likeness (QED) is 0.773. The Balaban J connectivity index is 2.17. The lowest BCUT2D eigenvalue weighted by Crippen LogP contribution is -2.38. The van der Waals surface area contributed by atoms with Gasteiger partial charge in [-0.3, -0.25) is 0 Å². The number of halogens is 1. The number of rotatable bonds is 2. The maximum Gasteiger partial charge on any atom is 0.0614 e. The van der Waals surface area contributed by atoms with E-state index in [2.05, 4.69) is 84.9 Å². The van der Waals surface area contributed by atoms with Gasteiger partial charge in [0.1, 0.15) is 0 Å². The van der Waals surface area contributed by atoms with Crippen molar-refractivity contribution >= 4 is 27.3 Å². The van der Waals surface area contributed by atoms with E-state index in [9.17, 15) is 0 Å². The van der Waals surface area contributed by atoms with Crippen LogP contribution < -0.4 is 10.6 Å². The van der Waals surface area contributed by atoms with Gasteiger partial charge in [0.25, 0.3) is 0 Å². The zero-order valence-corrected chi connectivity index (χ0v) is 15.7. The van der Waals surface area contributed by atoms with Crippen molar-refractivity contribution < 1.29 is 0 Å². The van der Waals surface area contributed by atoms with Crippen LogP contribution in [-0.4, -0.2) is 6.04 Å². The summed E-state index contributed by atoms with van der Waals surface area (Å²) in [5, 5.41) is 0. The number of nitrogens with two attached hydrogens (primary N) is 1. The van der Waals surface area contributed by atoms with Crippen LogP contribution in [0.3, 0.4) is 0 Å². The van der Waals surface area contributed by atoms with Gasteiger partial charge in [-0.2, -0.15) is 0 Å². The molecule has 1 aliphatic heterocycles. The number of benzene rings is 2. The molecule has 0 radical (unpaired) electrons. The minimum absolute atomic E-state index is 0.246. The van der Waals surface area contributed by atoms with Crippen LogP contribution in [0.25, 0.3) is 5.70 Å². The highest BCUT2D eigenvalue weighted by Gasteiger charge is 2.30. The molecule has 2 aromatic carbocycles. The number of fused-ring (bicyclic) bond motifs is 1. The van der Waals surface area contributed by atoms with Crippen molar-refractivity contribution in [2.45, 2.75) is 39.8 Å². The lowest BCUT2D eigenvalue weighted by atomic mass is 9.92. The number of nitrogens with zero attached hydrogens (tertiary/aromatic N) is 1. The fourth-order valence-electron chi connectivity index (χ4n) is 3.82. The van der Waals surface area contributed by atoms with E-state index < -0.39 is 0 Å². The van der Waals surface area contributed by atoms with Crippen LogP contribution >= 0.6 is 15.9 Å². The highest BCUT2D eigenvalue weighted by molar-refractivity contribution is 9.10. The van der Waals surface area contributed by atoms with Crippen LogP contribution in [0.2, 0.25) is 0 Å². The second-order valence-electron chi connectivity index (χ2n) is 6.39. The number of hydrogen-bond donors (Lipinski definition) is 1. The van der Waals surface area contributed by atoms with E-state index in [1.807, 2.05) is 6.07 Å². The van der Waals surface area contributed by atoms with Crippen molar-refractivity contribution in [3.05, 3.63) is 69.2 Å². The summed E-state index contributed by atoms with van der Waals surface area (Å²) in [6.07, 6.45) is 2.15. The summed E-state index contributed by atoms with van der Waals surface area (Å²) in [5.41, 5.74) is 13.5. The van der Waals surface area contributed by atoms with E-state index in [-0.39, 0.29) is 12.1 Å². The summed E-state index contributed by atoms with van der Waals surface area (Å²) in [5.74, 6) is 0. The van der Waals surface area contributed by atoms with E-state index in [1.54, 1.807) is 0 Å². The molecular weight excluding hydrogens is 348 g/mol. The lowest BCUT2D eigenvalue weighted by Gasteiger charge is -2.41. The standard InChI is InChI=1S/C20H23BrN2/c1-12-7-5-8-13(2)19(12)15(4)23-14(3)11-18(22)16-9-6-10-17(21)20(16)23/h5-11,14-15H,22H2,1-4H3. The summed E-state index contributed by atoms with van der Waals surface area (Å²) in [6.45, 7) is 8.88. The minimum Gasteiger partial charge on any atom is -0.398 e. The summed E-state index contributed by atoms with van der Waals surface area (Å²) in [6, 6.07) is 13.3. The molecule has 0 amide bonds. The molecule has 0 saturated carbocycles. The highest BCUT2D eigenvalue weighted by atomic mass is 79.9. The largest absolute Gasteiger partial charge is 0.398 e. The molecule has 0 aliphatic carbocycles. The number of anilines is 1. The maximum absolute atomic E-state index is 6.28. The molecule has 1 aliphatic rings. The van der Waals surface area contributed by atoms with Gasteiger partial charge in [0.15, 0.2) is 0 Å². The third kappa shape index (κ3) is 2.67. The molecule has 2 N–H and O–H groups in total. The average molecular weight is 371 g/mol. The predicted molar refractivity (Wildman–Crippen MR) is 103 cm³/mol. The van der Waals surface area contributed by atoms with Gasteiger partial charge >= 0.3 is 0 Å². The Morgan fingerprint density at radius 3 is 2.35 bits per heavy atom.